The van der Waals surface area contributed by atoms with E-state index in [1.807, 2.05) is 32.2 Å². The van der Waals surface area contributed by atoms with Crippen molar-refractivity contribution >= 4 is 11.0 Å². The lowest BCUT2D eigenvalue weighted by atomic mass is 10.3. The van der Waals surface area contributed by atoms with Gasteiger partial charge in [0, 0.05) is 6.42 Å². The lowest BCUT2D eigenvalue weighted by Gasteiger charge is -2.01. The van der Waals surface area contributed by atoms with Crippen LogP contribution in [0.15, 0.2) is 18.2 Å². The molecule has 0 fully saturated rings. The zero-order valence-corrected chi connectivity index (χ0v) is 10.4. The van der Waals surface area contributed by atoms with Crippen LogP contribution in [0.5, 0.6) is 5.75 Å². The predicted octanol–water partition coefficient (Wildman–Crippen LogP) is 2.11. The minimum Gasteiger partial charge on any atom is -0.492 e. The van der Waals surface area contributed by atoms with Gasteiger partial charge in [-0.2, -0.15) is 0 Å². The molecule has 0 aliphatic rings. The van der Waals surface area contributed by atoms with Crippen LogP contribution >= 0.6 is 0 Å². The van der Waals surface area contributed by atoms with E-state index in [9.17, 15) is 0 Å². The number of nitrogens with one attached hydrogen (secondary N) is 2. The summed E-state index contributed by atoms with van der Waals surface area (Å²) in [5.74, 6) is 1.89. The van der Waals surface area contributed by atoms with Gasteiger partial charge in [0.15, 0.2) is 0 Å². The third-order valence-electron chi connectivity index (χ3n) is 2.66. The van der Waals surface area contributed by atoms with Gasteiger partial charge in [-0.15, -0.1) is 0 Å². The van der Waals surface area contributed by atoms with Gasteiger partial charge in [-0.3, -0.25) is 0 Å². The highest BCUT2D eigenvalue weighted by Gasteiger charge is 2.07. The highest BCUT2D eigenvalue weighted by molar-refractivity contribution is 5.81. The fraction of sp³-hybridized carbons (Fsp3) is 0.462. The average Bonchev–Trinajstić information content (AvgIpc) is 2.74. The van der Waals surface area contributed by atoms with Crippen LogP contribution < -0.4 is 10.1 Å². The Labute approximate surface area is 101 Å². The third kappa shape index (κ3) is 2.77. The first-order valence-electron chi connectivity index (χ1n) is 6.10. The van der Waals surface area contributed by atoms with Crippen molar-refractivity contribution in [3.05, 3.63) is 24.0 Å². The van der Waals surface area contributed by atoms with Crippen LogP contribution in [-0.2, 0) is 6.42 Å². The number of aromatic amines is 1. The maximum Gasteiger partial charge on any atom is 0.147 e. The van der Waals surface area contributed by atoms with E-state index in [1.54, 1.807) is 0 Å². The van der Waals surface area contributed by atoms with Crippen LogP contribution in [0.4, 0.5) is 0 Å². The molecule has 1 heterocycles. The fourth-order valence-electron chi connectivity index (χ4n) is 1.88. The largest absolute Gasteiger partial charge is 0.492 e. The molecule has 0 saturated carbocycles. The monoisotopic (exact) mass is 233 g/mol. The predicted molar refractivity (Wildman–Crippen MR) is 69.5 cm³/mol. The molecule has 1 aromatic heterocycles. The van der Waals surface area contributed by atoms with Gasteiger partial charge in [-0.05, 0) is 39.1 Å². The smallest absolute Gasteiger partial charge is 0.147 e. The molecule has 92 valence electrons. The fourth-order valence-corrected chi connectivity index (χ4v) is 1.88. The minimum atomic E-state index is 0.668. The van der Waals surface area contributed by atoms with Crippen molar-refractivity contribution in [3.63, 3.8) is 0 Å². The molecule has 0 unspecified atom stereocenters. The first kappa shape index (κ1) is 11.9. The van der Waals surface area contributed by atoms with E-state index in [-0.39, 0.29) is 0 Å². The van der Waals surface area contributed by atoms with E-state index < -0.39 is 0 Å². The Balaban J connectivity index is 2.20. The molecule has 0 bridgehead atoms. The summed E-state index contributed by atoms with van der Waals surface area (Å²) in [5.41, 5.74) is 1.99. The normalized spacial score (nSPS) is 10.9. The first-order valence-corrected chi connectivity index (χ1v) is 6.10. The average molecular weight is 233 g/mol. The number of aromatic nitrogens is 2. The molecule has 0 radical (unpaired) electrons. The van der Waals surface area contributed by atoms with Gasteiger partial charge < -0.3 is 15.0 Å². The van der Waals surface area contributed by atoms with Crippen LogP contribution in [0.25, 0.3) is 11.0 Å². The summed E-state index contributed by atoms with van der Waals surface area (Å²) in [6.07, 6.45) is 2.04. The lowest BCUT2D eigenvalue weighted by Crippen LogP contribution is -2.08. The molecule has 17 heavy (non-hydrogen) atoms. The first-order chi connectivity index (χ1) is 8.35. The number of para-hydroxylation sites is 1. The Morgan fingerprint density at radius 1 is 1.41 bits per heavy atom. The van der Waals surface area contributed by atoms with Crippen LogP contribution in [0.3, 0.4) is 0 Å². The van der Waals surface area contributed by atoms with Crippen molar-refractivity contribution in [1.29, 1.82) is 0 Å². The quantitative estimate of drug-likeness (QED) is 0.751. The molecular weight excluding hydrogens is 214 g/mol. The number of hydrogen-bond donors (Lipinski definition) is 2. The Morgan fingerprint density at radius 3 is 3.06 bits per heavy atom. The number of H-pyrrole nitrogens is 1. The summed E-state index contributed by atoms with van der Waals surface area (Å²) in [7, 11) is 1.96. The summed E-state index contributed by atoms with van der Waals surface area (Å²) in [4.78, 5) is 7.93. The van der Waals surface area contributed by atoms with E-state index in [0.29, 0.717) is 6.61 Å². The Morgan fingerprint density at radius 2 is 2.29 bits per heavy atom. The topological polar surface area (TPSA) is 49.9 Å². The molecule has 0 aliphatic carbocycles. The number of hydrogen-bond acceptors (Lipinski definition) is 3. The SMILES string of the molecule is CCOc1cccc2[nH]c(CCCNC)nc12. The maximum atomic E-state index is 5.56. The maximum absolute atomic E-state index is 5.56. The van der Waals surface area contributed by atoms with Gasteiger partial charge in [-0.25, -0.2) is 4.98 Å². The molecule has 4 nitrogen and oxygen atoms in total. The second-order valence-corrected chi connectivity index (χ2v) is 3.98. The molecule has 0 amide bonds. The van der Waals surface area contributed by atoms with Crippen molar-refractivity contribution in [1.82, 2.24) is 15.3 Å². The van der Waals surface area contributed by atoms with E-state index in [0.717, 1.165) is 42.0 Å². The van der Waals surface area contributed by atoms with Gasteiger partial charge in [0.2, 0.25) is 0 Å². The summed E-state index contributed by atoms with van der Waals surface area (Å²) in [6.45, 7) is 3.66. The molecule has 2 aromatic rings. The number of ether oxygens (including phenoxy) is 1. The van der Waals surface area contributed by atoms with E-state index in [1.165, 1.54) is 0 Å². The van der Waals surface area contributed by atoms with Gasteiger partial charge in [0.1, 0.15) is 17.1 Å². The molecule has 1 aromatic carbocycles. The van der Waals surface area contributed by atoms with Crippen LogP contribution in [0.1, 0.15) is 19.2 Å². The molecule has 0 saturated heterocycles. The Kier molecular flexibility index (Phi) is 3.98. The lowest BCUT2D eigenvalue weighted by molar-refractivity contribution is 0.343. The third-order valence-corrected chi connectivity index (χ3v) is 2.66. The number of rotatable bonds is 6. The van der Waals surface area contributed by atoms with E-state index in [4.69, 9.17) is 4.74 Å². The zero-order valence-electron chi connectivity index (χ0n) is 10.4. The molecule has 0 atom stereocenters. The highest BCUT2D eigenvalue weighted by Crippen LogP contribution is 2.23. The van der Waals surface area contributed by atoms with Crippen molar-refractivity contribution in [2.45, 2.75) is 19.8 Å². The molecule has 2 N–H and O–H groups in total. The summed E-state index contributed by atoms with van der Waals surface area (Å²) < 4.78 is 5.56. The highest BCUT2D eigenvalue weighted by atomic mass is 16.5. The van der Waals surface area contributed by atoms with Crippen molar-refractivity contribution in [2.24, 2.45) is 0 Å². The second-order valence-electron chi connectivity index (χ2n) is 3.98. The Hall–Kier alpha value is -1.55. The molecule has 0 aliphatic heterocycles. The molecule has 0 spiro atoms. The molecular formula is C13H19N3O. The molecule has 2 rings (SSSR count). The summed E-state index contributed by atoms with van der Waals surface area (Å²) in [6, 6.07) is 5.99. The van der Waals surface area contributed by atoms with Crippen molar-refractivity contribution in [3.8, 4) is 5.75 Å². The van der Waals surface area contributed by atoms with Crippen molar-refractivity contribution < 1.29 is 4.74 Å². The van der Waals surface area contributed by atoms with Crippen LogP contribution in [0.2, 0.25) is 0 Å². The number of benzene rings is 1. The van der Waals surface area contributed by atoms with Gasteiger partial charge in [0.05, 0.1) is 12.1 Å². The van der Waals surface area contributed by atoms with Gasteiger partial charge in [0.25, 0.3) is 0 Å². The van der Waals surface area contributed by atoms with E-state index in [2.05, 4.69) is 15.3 Å². The zero-order chi connectivity index (χ0) is 12.1. The number of fused-ring (bicyclic) bond motifs is 1. The van der Waals surface area contributed by atoms with E-state index >= 15 is 0 Å². The number of aryl methyl sites for hydroxylation is 1. The number of nitrogens with zero attached hydrogens (tertiary/aromatic N) is 1. The summed E-state index contributed by atoms with van der Waals surface area (Å²) in [5, 5.41) is 3.14. The van der Waals surface area contributed by atoms with Gasteiger partial charge >= 0.3 is 0 Å². The van der Waals surface area contributed by atoms with Gasteiger partial charge in [-0.1, -0.05) is 6.07 Å². The minimum absolute atomic E-state index is 0.668. The summed E-state index contributed by atoms with van der Waals surface area (Å²) >= 11 is 0. The Bertz CT molecular complexity index is 478. The van der Waals surface area contributed by atoms with Crippen LogP contribution in [-0.4, -0.2) is 30.2 Å². The standard InChI is InChI=1S/C13H19N3O/c1-3-17-11-7-4-6-10-13(11)16-12(15-10)8-5-9-14-2/h4,6-7,14H,3,5,8-9H2,1-2H3,(H,15,16). The molecule has 4 heteroatoms. The van der Waals surface area contributed by atoms with Crippen LogP contribution in [0, 0.1) is 0 Å². The number of imidazole rings is 1. The van der Waals surface area contributed by atoms with Crippen molar-refractivity contribution in [2.75, 3.05) is 20.2 Å². The second kappa shape index (κ2) is 5.68.